The van der Waals surface area contributed by atoms with Crippen molar-refractivity contribution in [3.8, 4) is 0 Å². The van der Waals surface area contributed by atoms with Crippen molar-refractivity contribution in [1.29, 1.82) is 0 Å². The third kappa shape index (κ3) is 2.77. The number of amidine groups is 1. The number of hydrogen-bond acceptors (Lipinski definition) is 4. The molecule has 104 valence electrons. The van der Waals surface area contributed by atoms with Crippen LogP contribution in [0.2, 0.25) is 0 Å². The van der Waals surface area contributed by atoms with E-state index in [9.17, 15) is 9.18 Å². The normalized spacial score (nSPS) is 11.4. The molecule has 6 nitrogen and oxygen atoms in total. The summed E-state index contributed by atoms with van der Waals surface area (Å²) in [6.45, 7) is 1.71. The summed E-state index contributed by atoms with van der Waals surface area (Å²) in [5.41, 5.74) is 5.90. The van der Waals surface area contributed by atoms with Crippen LogP contribution in [0.5, 0.6) is 0 Å². The van der Waals surface area contributed by atoms with Crippen LogP contribution < -0.4 is 11.1 Å². The molecule has 2 rings (SSSR count). The summed E-state index contributed by atoms with van der Waals surface area (Å²) >= 11 is 0. The van der Waals surface area contributed by atoms with Crippen LogP contribution in [0.15, 0.2) is 40.1 Å². The van der Waals surface area contributed by atoms with E-state index in [4.69, 9.17) is 15.4 Å². The Morgan fingerprint density at radius 1 is 1.45 bits per heavy atom. The van der Waals surface area contributed by atoms with Crippen molar-refractivity contribution in [2.75, 3.05) is 5.32 Å². The third-order valence-corrected chi connectivity index (χ3v) is 2.60. The lowest BCUT2D eigenvalue weighted by molar-refractivity contribution is 0.102. The minimum Gasteiger partial charge on any atom is -0.469 e. The van der Waals surface area contributed by atoms with Gasteiger partial charge < -0.3 is 20.7 Å². The van der Waals surface area contributed by atoms with Crippen molar-refractivity contribution in [1.82, 2.24) is 0 Å². The van der Waals surface area contributed by atoms with Gasteiger partial charge in [0.1, 0.15) is 17.8 Å². The zero-order valence-electron chi connectivity index (χ0n) is 10.6. The maximum absolute atomic E-state index is 13.5. The Balaban J connectivity index is 2.24. The summed E-state index contributed by atoms with van der Waals surface area (Å²) in [6, 6.07) is 5.33. The van der Waals surface area contributed by atoms with E-state index in [0.29, 0.717) is 17.0 Å². The van der Waals surface area contributed by atoms with Gasteiger partial charge in [-0.05, 0) is 31.2 Å². The van der Waals surface area contributed by atoms with Crippen molar-refractivity contribution in [2.45, 2.75) is 6.92 Å². The number of halogens is 1. The first kappa shape index (κ1) is 13.6. The van der Waals surface area contributed by atoms with Crippen molar-refractivity contribution >= 4 is 17.4 Å². The molecule has 1 amide bonds. The Kier molecular flexibility index (Phi) is 3.69. The van der Waals surface area contributed by atoms with Crippen LogP contribution >= 0.6 is 0 Å². The van der Waals surface area contributed by atoms with Gasteiger partial charge in [0.2, 0.25) is 0 Å². The molecular formula is C13H12FN3O3. The molecule has 0 radical (unpaired) electrons. The summed E-state index contributed by atoms with van der Waals surface area (Å²) in [6.07, 6.45) is 1.32. The lowest BCUT2D eigenvalue weighted by atomic mass is 10.1. The number of nitrogens with two attached hydrogens (primary N) is 1. The minimum atomic E-state index is -0.655. The topological polar surface area (TPSA) is 101 Å². The lowest BCUT2D eigenvalue weighted by Gasteiger charge is -2.06. The molecule has 7 heteroatoms. The molecule has 0 aliphatic rings. The van der Waals surface area contributed by atoms with Gasteiger partial charge in [0.05, 0.1) is 11.1 Å². The van der Waals surface area contributed by atoms with E-state index in [-0.39, 0.29) is 11.4 Å². The average molecular weight is 277 g/mol. The van der Waals surface area contributed by atoms with Gasteiger partial charge in [-0.25, -0.2) is 4.39 Å². The molecule has 20 heavy (non-hydrogen) atoms. The van der Waals surface area contributed by atoms with Gasteiger partial charge in [-0.15, -0.1) is 0 Å². The molecule has 0 spiro atoms. The molecule has 0 aliphatic carbocycles. The van der Waals surface area contributed by atoms with Gasteiger partial charge in [0, 0.05) is 5.69 Å². The molecule has 0 unspecified atom stereocenters. The second-order valence-corrected chi connectivity index (χ2v) is 4.08. The van der Waals surface area contributed by atoms with E-state index in [2.05, 4.69) is 10.5 Å². The highest BCUT2D eigenvalue weighted by Crippen LogP contribution is 2.16. The second-order valence-electron chi connectivity index (χ2n) is 4.08. The molecule has 0 atom stereocenters. The Labute approximate surface area is 113 Å². The summed E-state index contributed by atoms with van der Waals surface area (Å²) in [5.74, 6) is -0.833. The number of nitrogens with zero attached hydrogens (tertiary/aromatic N) is 1. The quantitative estimate of drug-likeness (QED) is 0.346. The Morgan fingerprint density at radius 3 is 2.80 bits per heavy atom. The van der Waals surface area contributed by atoms with E-state index in [1.165, 1.54) is 18.4 Å². The standard InChI is InChI=1S/C13H12FN3O3/c1-7-4-8(6-20-7)13(18)16-9-2-3-11(14)10(5-9)12(15)17-19/h2-6,19H,1H3,(H2,15,17)(H,16,18). The molecule has 2 aromatic rings. The molecule has 0 fully saturated rings. The van der Waals surface area contributed by atoms with Gasteiger partial charge in [-0.2, -0.15) is 0 Å². The number of amides is 1. The highest BCUT2D eigenvalue weighted by Gasteiger charge is 2.12. The highest BCUT2D eigenvalue weighted by molar-refractivity contribution is 6.05. The number of nitrogens with one attached hydrogen (secondary N) is 1. The molecule has 0 bridgehead atoms. The van der Waals surface area contributed by atoms with Crippen LogP contribution in [0.4, 0.5) is 10.1 Å². The molecule has 4 N–H and O–H groups in total. The first-order chi connectivity index (χ1) is 9.51. The van der Waals surface area contributed by atoms with Crippen LogP contribution in [0.25, 0.3) is 0 Å². The van der Waals surface area contributed by atoms with Crippen LogP contribution in [0, 0.1) is 12.7 Å². The fourth-order valence-electron chi connectivity index (χ4n) is 1.62. The minimum absolute atomic E-state index is 0.103. The Hall–Kier alpha value is -2.83. The predicted molar refractivity (Wildman–Crippen MR) is 70.3 cm³/mol. The number of furan rings is 1. The molecule has 0 aliphatic heterocycles. The first-order valence-electron chi connectivity index (χ1n) is 5.65. The van der Waals surface area contributed by atoms with Gasteiger partial charge in [-0.3, -0.25) is 4.79 Å². The predicted octanol–water partition coefficient (Wildman–Crippen LogP) is 2.07. The monoisotopic (exact) mass is 277 g/mol. The maximum atomic E-state index is 13.5. The first-order valence-corrected chi connectivity index (χ1v) is 5.65. The number of carbonyl (C=O) groups excluding carboxylic acids is 1. The molecule has 0 saturated heterocycles. The number of rotatable bonds is 3. The molecular weight excluding hydrogens is 265 g/mol. The van der Waals surface area contributed by atoms with Gasteiger partial charge in [-0.1, -0.05) is 5.16 Å². The van der Waals surface area contributed by atoms with Crippen molar-refractivity contribution in [2.24, 2.45) is 10.9 Å². The number of hydrogen-bond donors (Lipinski definition) is 3. The number of benzene rings is 1. The van der Waals surface area contributed by atoms with Crippen LogP contribution in [-0.2, 0) is 0 Å². The average Bonchev–Trinajstić information content (AvgIpc) is 2.87. The van der Waals surface area contributed by atoms with Crippen molar-refractivity contribution in [3.63, 3.8) is 0 Å². The van der Waals surface area contributed by atoms with Crippen molar-refractivity contribution < 1.29 is 18.8 Å². The Bertz CT molecular complexity index is 679. The Morgan fingerprint density at radius 2 is 2.20 bits per heavy atom. The van der Waals surface area contributed by atoms with Crippen LogP contribution in [-0.4, -0.2) is 17.0 Å². The van der Waals surface area contributed by atoms with E-state index in [1.54, 1.807) is 13.0 Å². The van der Waals surface area contributed by atoms with E-state index < -0.39 is 11.7 Å². The zero-order valence-corrected chi connectivity index (χ0v) is 10.6. The number of anilines is 1. The summed E-state index contributed by atoms with van der Waals surface area (Å²) in [7, 11) is 0. The van der Waals surface area contributed by atoms with Gasteiger partial charge in [0.15, 0.2) is 5.84 Å². The van der Waals surface area contributed by atoms with E-state index >= 15 is 0 Å². The van der Waals surface area contributed by atoms with Gasteiger partial charge >= 0.3 is 0 Å². The van der Waals surface area contributed by atoms with E-state index in [0.717, 1.165) is 6.07 Å². The molecule has 0 saturated carbocycles. The van der Waals surface area contributed by atoms with E-state index in [1.807, 2.05) is 0 Å². The molecule has 1 aromatic carbocycles. The summed E-state index contributed by atoms with van der Waals surface area (Å²) in [4.78, 5) is 11.9. The lowest BCUT2D eigenvalue weighted by Crippen LogP contribution is -2.17. The van der Waals surface area contributed by atoms with Gasteiger partial charge in [0.25, 0.3) is 5.91 Å². The fourth-order valence-corrected chi connectivity index (χ4v) is 1.62. The van der Waals surface area contributed by atoms with Crippen molar-refractivity contribution in [3.05, 3.63) is 53.2 Å². The maximum Gasteiger partial charge on any atom is 0.258 e. The SMILES string of the molecule is Cc1cc(C(=O)Nc2ccc(F)c(/C(N)=N/O)c2)co1. The molecule has 1 aromatic heterocycles. The smallest absolute Gasteiger partial charge is 0.258 e. The third-order valence-electron chi connectivity index (χ3n) is 2.60. The van der Waals surface area contributed by atoms with Crippen LogP contribution in [0.3, 0.4) is 0 Å². The molecule has 1 heterocycles. The summed E-state index contributed by atoms with van der Waals surface area (Å²) < 4.78 is 18.5. The largest absolute Gasteiger partial charge is 0.469 e. The number of carbonyl (C=O) groups is 1. The zero-order chi connectivity index (χ0) is 14.7. The van der Waals surface area contributed by atoms with Crippen LogP contribution in [0.1, 0.15) is 21.7 Å². The number of aryl methyl sites for hydroxylation is 1. The highest BCUT2D eigenvalue weighted by atomic mass is 19.1. The second kappa shape index (κ2) is 5.43. The number of oxime groups is 1. The fraction of sp³-hybridized carbons (Fsp3) is 0.0769. The summed E-state index contributed by atoms with van der Waals surface area (Å²) in [5, 5.41) is 13.9.